The summed E-state index contributed by atoms with van der Waals surface area (Å²) < 4.78 is 11.4. The molecule has 0 aromatic heterocycles. The van der Waals surface area contributed by atoms with Crippen LogP contribution in [-0.4, -0.2) is 50.7 Å². The fourth-order valence-electron chi connectivity index (χ4n) is 2.22. The van der Waals surface area contributed by atoms with Gasteiger partial charge in [0.1, 0.15) is 11.6 Å². The van der Waals surface area contributed by atoms with Crippen molar-refractivity contribution >= 4 is 5.84 Å². The molecule has 1 atom stereocenters. The summed E-state index contributed by atoms with van der Waals surface area (Å²) in [4.78, 5) is 6.66. The van der Waals surface area contributed by atoms with Crippen molar-refractivity contribution in [3.05, 3.63) is 29.3 Å². The van der Waals surface area contributed by atoms with E-state index in [-0.39, 0.29) is 6.10 Å². The van der Waals surface area contributed by atoms with Gasteiger partial charge in [-0.05, 0) is 31.0 Å². The van der Waals surface area contributed by atoms with Gasteiger partial charge >= 0.3 is 0 Å². The fourth-order valence-corrected chi connectivity index (χ4v) is 2.22. The third kappa shape index (κ3) is 3.07. The van der Waals surface area contributed by atoms with Crippen molar-refractivity contribution in [1.29, 1.82) is 0 Å². The first-order valence-electron chi connectivity index (χ1n) is 6.60. The summed E-state index contributed by atoms with van der Waals surface area (Å²) in [6.07, 6.45) is -0.141. The molecule has 1 heterocycles. The first-order valence-corrected chi connectivity index (χ1v) is 6.60. The molecule has 0 saturated heterocycles. The van der Waals surface area contributed by atoms with E-state index in [1.807, 2.05) is 19.2 Å². The van der Waals surface area contributed by atoms with Gasteiger partial charge in [0.15, 0.2) is 6.10 Å². The number of likely N-dealkylation sites (N-methyl/N-ethyl adjacent to an activating group) is 1. The lowest BCUT2D eigenvalue weighted by molar-refractivity contribution is 0.112. The summed E-state index contributed by atoms with van der Waals surface area (Å²) in [6.45, 7) is 6.46. The number of aryl methyl sites for hydroxylation is 1. The maximum atomic E-state index is 6.12. The highest BCUT2D eigenvalue weighted by Gasteiger charge is 2.25. The molecule has 2 rings (SSSR count). The van der Waals surface area contributed by atoms with Crippen molar-refractivity contribution in [3.63, 3.8) is 0 Å². The molecule has 1 aliphatic rings. The molecule has 0 radical (unpaired) electrons. The molecule has 0 amide bonds. The highest BCUT2D eigenvalue weighted by Crippen LogP contribution is 2.23. The van der Waals surface area contributed by atoms with Gasteiger partial charge in [0, 0.05) is 20.7 Å². The summed E-state index contributed by atoms with van der Waals surface area (Å²) >= 11 is 0. The number of rotatable bonds is 5. The number of nitrogens with zero attached hydrogens (tertiary/aromatic N) is 2. The van der Waals surface area contributed by atoms with E-state index >= 15 is 0 Å². The van der Waals surface area contributed by atoms with Crippen molar-refractivity contribution in [2.24, 2.45) is 4.99 Å². The van der Waals surface area contributed by atoms with Gasteiger partial charge < -0.3 is 14.4 Å². The zero-order valence-corrected chi connectivity index (χ0v) is 12.1. The van der Waals surface area contributed by atoms with Crippen LogP contribution in [-0.2, 0) is 4.74 Å². The second-order valence-electron chi connectivity index (χ2n) is 4.92. The molecule has 4 nitrogen and oxygen atoms in total. The van der Waals surface area contributed by atoms with Crippen LogP contribution in [0.15, 0.2) is 23.2 Å². The van der Waals surface area contributed by atoms with Crippen molar-refractivity contribution in [3.8, 4) is 5.75 Å². The Morgan fingerprint density at radius 2 is 2.16 bits per heavy atom. The normalized spacial score (nSPS) is 16.4. The van der Waals surface area contributed by atoms with Crippen LogP contribution in [0.4, 0.5) is 0 Å². The Morgan fingerprint density at radius 1 is 1.37 bits per heavy atom. The molecular weight excluding hydrogens is 240 g/mol. The minimum Gasteiger partial charge on any atom is -0.480 e. The van der Waals surface area contributed by atoms with E-state index in [9.17, 15) is 0 Å². The predicted molar refractivity (Wildman–Crippen MR) is 77.1 cm³/mol. The van der Waals surface area contributed by atoms with Crippen LogP contribution in [0, 0.1) is 13.8 Å². The number of benzene rings is 1. The number of hydrogen-bond acceptors (Lipinski definition) is 4. The monoisotopic (exact) mass is 262 g/mol. The fraction of sp³-hybridized carbons (Fsp3) is 0.533. The quantitative estimate of drug-likeness (QED) is 0.814. The Hall–Kier alpha value is -1.55. The predicted octanol–water partition coefficient (Wildman–Crippen LogP) is 2.04. The zero-order valence-electron chi connectivity index (χ0n) is 12.1. The van der Waals surface area contributed by atoms with Crippen molar-refractivity contribution in [1.82, 2.24) is 4.90 Å². The molecule has 1 unspecified atom stereocenters. The first kappa shape index (κ1) is 13.9. The third-order valence-corrected chi connectivity index (χ3v) is 3.53. The standard InChI is InChI=1S/C15H22N2O2/c1-11-6-5-7-13(12(11)2)19-14(10-18-4)15-16-8-9-17(15)3/h5-7,14H,8-10H2,1-4H3. The molecule has 0 N–H and O–H groups in total. The van der Waals surface area contributed by atoms with Crippen LogP contribution in [0.2, 0.25) is 0 Å². The summed E-state index contributed by atoms with van der Waals surface area (Å²) in [5.41, 5.74) is 2.40. The minimum atomic E-state index is -0.141. The number of ether oxygens (including phenoxy) is 2. The van der Waals surface area contributed by atoms with Crippen LogP contribution in [0.25, 0.3) is 0 Å². The Balaban J connectivity index is 2.19. The largest absolute Gasteiger partial charge is 0.480 e. The SMILES string of the molecule is COCC(Oc1cccc(C)c1C)C1=NCCN1C. The Labute approximate surface area is 115 Å². The Kier molecular flexibility index (Phi) is 4.43. The summed E-state index contributed by atoms with van der Waals surface area (Å²) in [5, 5.41) is 0. The van der Waals surface area contributed by atoms with Gasteiger partial charge in [-0.3, -0.25) is 4.99 Å². The van der Waals surface area contributed by atoms with E-state index in [0.717, 1.165) is 24.7 Å². The highest BCUT2D eigenvalue weighted by atomic mass is 16.5. The van der Waals surface area contributed by atoms with Crippen molar-refractivity contribution in [2.45, 2.75) is 20.0 Å². The Morgan fingerprint density at radius 3 is 2.79 bits per heavy atom. The van der Waals surface area contributed by atoms with Gasteiger partial charge in [0.05, 0.1) is 13.2 Å². The first-order chi connectivity index (χ1) is 9.13. The number of aliphatic imine (C=N–C) groups is 1. The van der Waals surface area contributed by atoms with Crippen LogP contribution in [0.5, 0.6) is 5.75 Å². The van der Waals surface area contributed by atoms with E-state index in [0.29, 0.717) is 6.61 Å². The topological polar surface area (TPSA) is 34.1 Å². The summed E-state index contributed by atoms with van der Waals surface area (Å²) in [5.74, 6) is 1.88. The molecule has 1 aromatic rings. The third-order valence-electron chi connectivity index (χ3n) is 3.53. The molecular formula is C15H22N2O2. The molecule has 1 aromatic carbocycles. The van der Waals surface area contributed by atoms with E-state index < -0.39 is 0 Å². The van der Waals surface area contributed by atoms with Gasteiger partial charge in [-0.1, -0.05) is 12.1 Å². The van der Waals surface area contributed by atoms with Gasteiger partial charge in [0.25, 0.3) is 0 Å². The van der Waals surface area contributed by atoms with E-state index in [4.69, 9.17) is 9.47 Å². The maximum absolute atomic E-state index is 6.12. The van der Waals surface area contributed by atoms with Crippen molar-refractivity contribution < 1.29 is 9.47 Å². The molecule has 4 heteroatoms. The number of hydrogen-bond donors (Lipinski definition) is 0. The second-order valence-corrected chi connectivity index (χ2v) is 4.92. The molecule has 104 valence electrons. The average molecular weight is 262 g/mol. The molecule has 0 aliphatic carbocycles. The Bertz CT molecular complexity index is 471. The van der Waals surface area contributed by atoms with Gasteiger partial charge in [-0.25, -0.2) is 0 Å². The molecule has 0 saturated carbocycles. The molecule has 1 aliphatic heterocycles. The molecule has 0 bridgehead atoms. The lowest BCUT2D eigenvalue weighted by atomic mass is 10.1. The van der Waals surface area contributed by atoms with Crippen LogP contribution in [0.1, 0.15) is 11.1 Å². The lowest BCUT2D eigenvalue weighted by Gasteiger charge is -2.24. The molecule has 0 fully saturated rings. The highest BCUT2D eigenvalue weighted by molar-refractivity contribution is 5.88. The van der Waals surface area contributed by atoms with E-state index in [2.05, 4.69) is 29.8 Å². The van der Waals surface area contributed by atoms with Crippen molar-refractivity contribution in [2.75, 3.05) is 33.9 Å². The van der Waals surface area contributed by atoms with E-state index in [1.54, 1.807) is 7.11 Å². The number of methoxy groups -OCH3 is 1. The summed E-state index contributed by atoms with van der Waals surface area (Å²) in [7, 11) is 3.73. The summed E-state index contributed by atoms with van der Waals surface area (Å²) in [6, 6.07) is 6.11. The lowest BCUT2D eigenvalue weighted by Crippen LogP contribution is -2.40. The number of amidine groups is 1. The molecule has 0 spiro atoms. The maximum Gasteiger partial charge on any atom is 0.179 e. The second kappa shape index (κ2) is 6.06. The smallest absolute Gasteiger partial charge is 0.179 e. The molecule has 19 heavy (non-hydrogen) atoms. The van der Waals surface area contributed by atoms with Crippen LogP contribution >= 0.6 is 0 Å². The van der Waals surface area contributed by atoms with Gasteiger partial charge in [0.2, 0.25) is 0 Å². The minimum absolute atomic E-state index is 0.141. The zero-order chi connectivity index (χ0) is 13.8. The van der Waals surface area contributed by atoms with Gasteiger partial charge in [-0.2, -0.15) is 0 Å². The van der Waals surface area contributed by atoms with Gasteiger partial charge in [-0.15, -0.1) is 0 Å². The van der Waals surface area contributed by atoms with E-state index in [1.165, 1.54) is 11.1 Å². The van der Waals surface area contributed by atoms with Crippen LogP contribution < -0.4 is 4.74 Å². The van der Waals surface area contributed by atoms with Crippen LogP contribution in [0.3, 0.4) is 0 Å². The average Bonchev–Trinajstić information content (AvgIpc) is 2.80.